The fraction of sp³-hybridized carbons (Fsp3) is 0.952. The van der Waals surface area contributed by atoms with Crippen LogP contribution in [-0.2, 0) is 65.4 Å². The summed E-state index contributed by atoms with van der Waals surface area (Å²) in [5.74, 6) is -0.536. The molecule has 3 N–H and O–H groups in total. The van der Waals surface area contributed by atoms with E-state index in [2.05, 4.69) is 41.5 Å². The first-order chi connectivity index (χ1) is 49.4. The van der Waals surface area contributed by atoms with Gasteiger partial charge >= 0.3 is 39.5 Å². The highest BCUT2D eigenvalue weighted by Crippen LogP contribution is 2.45. The van der Waals surface area contributed by atoms with Crippen LogP contribution in [0.2, 0.25) is 0 Å². The van der Waals surface area contributed by atoms with Crippen LogP contribution in [0.4, 0.5) is 0 Å². The number of carbonyl (C=O) groups is 4. The first-order valence-electron chi connectivity index (χ1n) is 43.0. The third kappa shape index (κ3) is 74.9. The summed E-state index contributed by atoms with van der Waals surface area (Å²) in [4.78, 5) is 73.1. The van der Waals surface area contributed by atoms with E-state index in [9.17, 15) is 43.2 Å². The molecule has 0 bridgehead atoms. The Morgan fingerprint density at radius 1 is 0.284 bits per heavy atom. The van der Waals surface area contributed by atoms with Gasteiger partial charge in [0.25, 0.3) is 0 Å². The fourth-order valence-electron chi connectivity index (χ4n) is 12.9. The number of phosphoric ester groups is 2. The Kier molecular flexibility index (Phi) is 73.1. The summed E-state index contributed by atoms with van der Waals surface area (Å²) in [6.07, 6.45) is 65.1. The molecule has 0 aliphatic rings. The Hall–Kier alpha value is -1.94. The minimum absolute atomic E-state index is 0.108. The summed E-state index contributed by atoms with van der Waals surface area (Å²) in [6, 6.07) is 0. The van der Waals surface area contributed by atoms with Gasteiger partial charge in [-0.3, -0.25) is 37.3 Å². The minimum atomic E-state index is -4.96. The van der Waals surface area contributed by atoms with E-state index >= 15 is 0 Å². The van der Waals surface area contributed by atoms with Gasteiger partial charge in [-0.05, 0) is 37.5 Å². The van der Waals surface area contributed by atoms with Gasteiger partial charge in [-0.2, -0.15) is 0 Å². The van der Waals surface area contributed by atoms with Gasteiger partial charge in [-0.25, -0.2) is 9.13 Å². The molecule has 19 heteroatoms. The summed E-state index contributed by atoms with van der Waals surface area (Å²) >= 11 is 0. The number of aliphatic hydroxyl groups is 1. The van der Waals surface area contributed by atoms with E-state index in [0.717, 1.165) is 102 Å². The molecule has 0 saturated heterocycles. The summed E-state index contributed by atoms with van der Waals surface area (Å²) in [7, 11) is -9.92. The van der Waals surface area contributed by atoms with E-state index in [1.807, 2.05) is 0 Å². The molecule has 0 aliphatic carbocycles. The van der Waals surface area contributed by atoms with Crippen molar-refractivity contribution in [1.82, 2.24) is 0 Å². The van der Waals surface area contributed by atoms with Gasteiger partial charge in [0.2, 0.25) is 0 Å². The number of carbonyl (C=O) groups excluding carboxylic acids is 4. The summed E-state index contributed by atoms with van der Waals surface area (Å²) in [6.45, 7) is 9.67. The molecule has 0 aromatic heterocycles. The molecular formula is C83H162O17P2. The van der Waals surface area contributed by atoms with E-state index in [1.54, 1.807) is 0 Å². The summed E-state index contributed by atoms with van der Waals surface area (Å²) in [5, 5.41) is 10.7. The first kappa shape index (κ1) is 100. The minimum Gasteiger partial charge on any atom is -0.462 e. The normalized spacial score (nSPS) is 14.1. The highest BCUT2D eigenvalue weighted by atomic mass is 31.2. The topological polar surface area (TPSA) is 237 Å². The van der Waals surface area contributed by atoms with Crippen molar-refractivity contribution in [3.63, 3.8) is 0 Å². The Bertz CT molecular complexity index is 1960. The van der Waals surface area contributed by atoms with Crippen molar-refractivity contribution in [2.24, 2.45) is 11.8 Å². The van der Waals surface area contributed by atoms with Crippen molar-refractivity contribution < 1.29 is 80.2 Å². The van der Waals surface area contributed by atoms with Gasteiger partial charge in [0.05, 0.1) is 26.4 Å². The van der Waals surface area contributed by atoms with Crippen LogP contribution in [0.1, 0.15) is 440 Å². The lowest BCUT2D eigenvalue weighted by Crippen LogP contribution is -2.30. The second-order valence-corrected chi connectivity index (χ2v) is 33.5. The average Bonchev–Trinajstić information content (AvgIpc) is 0.910. The lowest BCUT2D eigenvalue weighted by atomic mass is 9.99. The lowest BCUT2D eigenvalue weighted by molar-refractivity contribution is -0.161. The Balaban J connectivity index is 5.25. The molecule has 0 radical (unpaired) electrons. The van der Waals surface area contributed by atoms with Crippen molar-refractivity contribution in [3.8, 4) is 0 Å². The monoisotopic (exact) mass is 1490 g/mol. The Labute approximate surface area is 626 Å². The SMILES string of the molecule is CCCCCCCCCCCCCCCCCCCCCCC(=O)O[C@H](COC(=O)CCCCCCCCCCCCCCCC(C)C)COP(=O)(O)OC[C@@H](O)COP(=O)(O)OC[C@@H](COC(=O)CCCCCCCCCCC(C)CC)OC(=O)CCCCCCCCCCCCCCCC. The van der Waals surface area contributed by atoms with Crippen LogP contribution < -0.4 is 0 Å². The van der Waals surface area contributed by atoms with Crippen LogP contribution in [0.25, 0.3) is 0 Å². The maximum Gasteiger partial charge on any atom is 0.472 e. The molecule has 0 amide bonds. The molecule has 17 nitrogen and oxygen atoms in total. The standard InChI is InChI=1S/C83H162O17P2/c1-7-10-12-14-16-18-20-22-24-25-26-27-28-29-33-38-42-50-56-62-68-83(88)99-78(71-93-80(85)65-59-53-47-40-36-34-30-31-35-39-45-51-57-63-75(4)5)73-97-101(89,90)95-69-77(84)70-96-102(91,92)98-74-79(72-94-81(86)66-60-54-48-44-43-46-52-58-64-76(6)9-3)100-82(87)67-61-55-49-41-37-32-23-21-19-17-15-13-11-8-2/h75-79,84H,7-74H2,1-6H3,(H,89,90)(H,91,92)/t76?,77-,78-,79-/m1/s1. The molecule has 606 valence electrons. The van der Waals surface area contributed by atoms with Crippen molar-refractivity contribution in [2.75, 3.05) is 39.6 Å². The molecule has 0 aromatic rings. The lowest BCUT2D eigenvalue weighted by Gasteiger charge is -2.21. The van der Waals surface area contributed by atoms with E-state index < -0.39 is 97.5 Å². The first-order valence-corrected chi connectivity index (χ1v) is 46.0. The van der Waals surface area contributed by atoms with Crippen molar-refractivity contribution >= 4 is 39.5 Å². The largest absolute Gasteiger partial charge is 0.472 e. The predicted octanol–water partition coefficient (Wildman–Crippen LogP) is 25.1. The average molecular weight is 1490 g/mol. The molecule has 6 atom stereocenters. The molecule has 0 heterocycles. The molecule has 0 fully saturated rings. The van der Waals surface area contributed by atoms with Crippen LogP contribution in [0.5, 0.6) is 0 Å². The zero-order chi connectivity index (χ0) is 74.9. The molecular weight excluding hydrogens is 1330 g/mol. The third-order valence-corrected chi connectivity index (χ3v) is 21.7. The zero-order valence-electron chi connectivity index (χ0n) is 66.9. The number of rotatable bonds is 82. The number of aliphatic hydroxyl groups excluding tert-OH is 1. The number of hydrogen-bond donors (Lipinski definition) is 3. The summed E-state index contributed by atoms with van der Waals surface area (Å²) < 4.78 is 68.8. The Morgan fingerprint density at radius 3 is 0.745 bits per heavy atom. The molecule has 0 spiro atoms. The molecule has 0 rings (SSSR count). The van der Waals surface area contributed by atoms with Crippen LogP contribution in [0, 0.1) is 11.8 Å². The van der Waals surface area contributed by atoms with Gasteiger partial charge in [-0.15, -0.1) is 0 Å². The number of phosphoric acid groups is 2. The number of esters is 4. The number of ether oxygens (including phenoxy) is 4. The van der Waals surface area contributed by atoms with Gasteiger partial charge in [-0.1, -0.05) is 388 Å². The molecule has 3 unspecified atom stereocenters. The van der Waals surface area contributed by atoms with Crippen LogP contribution >= 0.6 is 15.6 Å². The van der Waals surface area contributed by atoms with Gasteiger partial charge in [0, 0.05) is 25.7 Å². The fourth-order valence-corrected chi connectivity index (χ4v) is 14.4. The Morgan fingerprint density at radius 2 is 0.500 bits per heavy atom. The maximum absolute atomic E-state index is 13.1. The van der Waals surface area contributed by atoms with Crippen LogP contribution in [0.15, 0.2) is 0 Å². The van der Waals surface area contributed by atoms with E-state index in [0.29, 0.717) is 25.7 Å². The van der Waals surface area contributed by atoms with Crippen molar-refractivity contribution in [1.29, 1.82) is 0 Å². The molecule has 0 aliphatic heterocycles. The van der Waals surface area contributed by atoms with E-state index in [1.165, 1.54) is 257 Å². The zero-order valence-corrected chi connectivity index (χ0v) is 68.7. The number of unbranched alkanes of at least 4 members (excludes halogenated alkanes) is 51. The van der Waals surface area contributed by atoms with Gasteiger partial charge < -0.3 is 33.8 Å². The quantitative estimate of drug-likeness (QED) is 0.0222. The number of hydrogen-bond acceptors (Lipinski definition) is 15. The van der Waals surface area contributed by atoms with Crippen molar-refractivity contribution in [2.45, 2.75) is 458 Å². The van der Waals surface area contributed by atoms with Crippen LogP contribution in [0.3, 0.4) is 0 Å². The van der Waals surface area contributed by atoms with Crippen molar-refractivity contribution in [3.05, 3.63) is 0 Å². The highest BCUT2D eigenvalue weighted by Gasteiger charge is 2.30. The molecule has 0 aromatic carbocycles. The van der Waals surface area contributed by atoms with Gasteiger partial charge in [0.1, 0.15) is 19.3 Å². The summed E-state index contributed by atoms with van der Waals surface area (Å²) in [5.41, 5.74) is 0. The molecule has 0 saturated carbocycles. The maximum atomic E-state index is 13.1. The van der Waals surface area contributed by atoms with Crippen LogP contribution in [-0.4, -0.2) is 96.7 Å². The second-order valence-electron chi connectivity index (χ2n) is 30.6. The third-order valence-electron chi connectivity index (χ3n) is 19.8. The highest BCUT2D eigenvalue weighted by molar-refractivity contribution is 7.47. The van der Waals surface area contributed by atoms with Gasteiger partial charge in [0.15, 0.2) is 12.2 Å². The van der Waals surface area contributed by atoms with E-state index in [-0.39, 0.29) is 25.7 Å². The van der Waals surface area contributed by atoms with E-state index in [4.69, 9.17) is 37.0 Å². The second kappa shape index (κ2) is 74.5. The predicted molar refractivity (Wildman–Crippen MR) is 418 cm³/mol. The molecule has 102 heavy (non-hydrogen) atoms. The smallest absolute Gasteiger partial charge is 0.462 e.